The second-order valence-electron chi connectivity index (χ2n) is 4.03. The normalized spacial score (nSPS) is 10.9. The Morgan fingerprint density at radius 2 is 2.15 bits per heavy atom. The van der Waals surface area contributed by atoms with Crippen molar-refractivity contribution in [1.82, 2.24) is 5.16 Å². The Morgan fingerprint density at radius 3 is 2.80 bits per heavy atom. The predicted molar refractivity (Wildman–Crippen MR) is 82.3 cm³/mol. The molecule has 3 nitrogen and oxygen atoms in total. The van der Waals surface area contributed by atoms with Crippen LogP contribution in [0.4, 0.5) is 10.3 Å². The van der Waals surface area contributed by atoms with Gasteiger partial charge in [-0.05, 0) is 40.2 Å². The first-order chi connectivity index (χ1) is 9.56. The summed E-state index contributed by atoms with van der Waals surface area (Å²) in [4.78, 5) is 0. The molecule has 0 aliphatic carbocycles. The fourth-order valence-corrected chi connectivity index (χ4v) is 3.29. The van der Waals surface area contributed by atoms with Gasteiger partial charge in [0.05, 0.1) is 14.4 Å². The minimum Gasteiger partial charge on any atom is -0.367 e. The summed E-state index contributed by atoms with van der Waals surface area (Å²) in [5.41, 5.74) is 8.43. The molecule has 0 bridgehead atoms. The molecule has 102 valence electrons. The minimum atomic E-state index is -0.409. The van der Waals surface area contributed by atoms with Crippen LogP contribution >= 0.6 is 38.9 Å². The summed E-state index contributed by atoms with van der Waals surface area (Å²) in [5.74, 6) is -0.260. The van der Waals surface area contributed by atoms with Crippen molar-refractivity contribution >= 4 is 44.8 Å². The monoisotopic (exact) mass is 372 g/mol. The van der Waals surface area contributed by atoms with Gasteiger partial charge in [0.15, 0.2) is 0 Å². The standard InChI is InChI=1S/C13H7BrClFN2OS/c14-10-3-6(5-20-10)12-11(13(17)19-18-12)8-2-1-7(16)4-9(8)15/h1-5H,17H2. The van der Waals surface area contributed by atoms with E-state index in [2.05, 4.69) is 21.1 Å². The zero-order valence-electron chi connectivity index (χ0n) is 9.86. The maximum absolute atomic E-state index is 13.2. The first-order valence-corrected chi connectivity index (χ1v) is 7.56. The predicted octanol–water partition coefficient (Wildman–Crippen LogP) is 5.21. The van der Waals surface area contributed by atoms with Crippen LogP contribution in [-0.2, 0) is 0 Å². The molecule has 2 heterocycles. The topological polar surface area (TPSA) is 52.0 Å². The molecule has 0 atom stereocenters. The Bertz CT molecular complexity index is 787. The quantitative estimate of drug-likeness (QED) is 0.671. The van der Waals surface area contributed by atoms with Crippen LogP contribution < -0.4 is 5.73 Å². The van der Waals surface area contributed by atoms with Gasteiger partial charge in [0.2, 0.25) is 5.88 Å². The van der Waals surface area contributed by atoms with E-state index in [9.17, 15) is 4.39 Å². The molecule has 0 unspecified atom stereocenters. The van der Waals surface area contributed by atoms with E-state index in [1.165, 1.54) is 23.5 Å². The molecule has 20 heavy (non-hydrogen) atoms. The lowest BCUT2D eigenvalue weighted by Gasteiger charge is -2.04. The smallest absolute Gasteiger partial charge is 0.230 e. The van der Waals surface area contributed by atoms with Gasteiger partial charge in [-0.25, -0.2) is 4.39 Å². The van der Waals surface area contributed by atoms with Gasteiger partial charge in [-0.1, -0.05) is 16.8 Å². The summed E-state index contributed by atoms with van der Waals surface area (Å²) in [6.07, 6.45) is 0. The number of halogens is 3. The third-order valence-corrected chi connectivity index (χ3v) is 4.58. The molecule has 0 saturated heterocycles. The van der Waals surface area contributed by atoms with Gasteiger partial charge in [0.25, 0.3) is 0 Å². The van der Waals surface area contributed by atoms with E-state index < -0.39 is 5.82 Å². The van der Waals surface area contributed by atoms with Gasteiger partial charge in [-0.2, -0.15) is 0 Å². The summed E-state index contributed by atoms with van der Waals surface area (Å²) < 4.78 is 19.2. The molecular weight excluding hydrogens is 367 g/mol. The Kier molecular flexibility index (Phi) is 3.54. The van der Waals surface area contributed by atoms with Crippen molar-refractivity contribution in [3.8, 4) is 22.4 Å². The van der Waals surface area contributed by atoms with E-state index in [0.717, 1.165) is 9.35 Å². The van der Waals surface area contributed by atoms with Crippen LogP contribution in [0.2, 0.25) is 5.02 Å². The minimum absolute atomic E-state index is 0.149. The van der Waals surface area contributed by atoms with Crippen molar-refractivity contribution < 1.29 is 8.91 Å². The highest BCUT2D eigenvalue weighted by Gasteiger charge is 2.20. The van der Waals surface area contributed by atoms with Crippen LogP contribution in [0.1, 0.15) is 0 Å². The Labute approximate surface area is 131 Å². The van der Waals surface area contributed by atoms with Crippen LogP contribution in [0.3, 0.4) is 0 Å². The van der Waals surface area contributed by atoms with Crippen molar-refractivity contribution in [2.75, 3.05) is 5.73 Å². The third-order valence-electron chi connectivity index (χ3n) is 2.76. The molecule has 0 saturated carbocycles. The van der Waals surface area contributed by atoms with Gasteiger partial charge in [0, 0.05) is 16.5 Å². The van der Waals surface area contributed by atoms with Crippen molar-refractivity contribution in [1.29, 1.82) is 0 Å². The number of nitrogen functional groups attached to an aromatic ring is 1. The van der Waals surface area contributed by atoms with Gasteiger partial charge in [-0.15, -0.1) is 11.3 Å². The largest absolute Gasteiger partial charge is 0.367 e. The lowest BCUT2D eigenvalue weighted by atomic mass is 10.0. The molecule has 0 aliphatic rings. The van der Waals surface area contributed by atoms with E-state index in [4.69, 9.17) is 21.9 Å². The van der Waals surface area contributed by atoms with Gasteiger partial charge in [-0.3, -0.25) is 0 Å². The zero-order chi connectivity index (χ0) is 14.3. The maximum Gasteiger partial charge on any atom is 0.230 e. The van der Waals surface area contributed by atoms with E-state index in [1.54, 1.807) is 6.07 Å². The number of hydrogen-bond acceptors (Lipinski definition) is 4. The number of nitrogens with two attached hydrogens (primary N) is 1. The molecule has 1 aromatic carbocycles. The molecule has 0 aliphatic heterocycles. The van der Waals surface area contributed by atoms with E-state index in [-0.39, 0.29) is 10.9 Å². The number of nitrogens with zero attached hydrogens (tertiary/aromatic N) is 1. The lowest BCUT2D eigenvalue weighted by Crippen LogP contribution is -1.89. The average Bonchev–Trinajstić information content (AvgIpc) is 2.96. The van der Waals surface area contributed by atoms with Crippen molar-refractivity contribution in [2.24, 2.45) is 0 Å². The molecule has 0 amide bonds. The van der Waals surface area contributed by atoms with Gasteiger partial charge in [0.1, 0.15) is 11.5 Å². The number of hydrogen-bond donors (Lipinski definition) is 1. The van der Waals surface area contributed by atoms with Crippen LogP contribution in [0, 0.1) is 5.82 Å². The van der Waals surface area contributed by atoms with Crippen LogP contribution in [0.15, 0.2) is 38.0 Å². The highest BCUT2D eigenvalue weighted by atomic mass is 79.9. The summed E-state index contributed by atoms with van der Waals surface area (Å²) in [6, 6.07) is 6.02. The van der Waals surface area contributed by atoms with Crippen LogP contribution in [0.5, 0.6) is 0 Å². The Balaban J connectivity index is 2.21. The fourth-order valence-electron chi connectivity index (χ4n) is 1.89. The molecule has 3 rings (SSSR count). The molecule has 7 heteroatoms. The van der Waals surface area contributed by atoms with E-state index in [1.807, 2.05) is 11.4 Å². The SMILES string of the molecule is Nc1onc(-c2csc(Br)c2)c1-c1ccc(F)cc1Cl. The number of anilines is 1. The summed E-state index contributed by atoms with van der Waals surface area (Å²) in [5, 5.41) is 6.15. The highest BCUT2D eigenvalue weighted by Crippen LogP contribution is 2.41. The van der Waals surface area contributed by atoms with Crippen LogP contribution in [-0.4, -0.2) is 5.16 Å². The van der Waals surface area contributed by atoms with Crippen molar-refractivity contribution in [2.45, 2.75) is 0 Å². The molecule has 0 fully saturated rings. The fraction of sp³-hybridized carbons (Fsp3) is 0. The van der Waals surface area contributed by atoms with Crippen LogP contribution in [0.25, 0.3) is 22.4 Å². The molecular formula is C13H7BrClFN2OS. The Morgan fingerprint density at radius 1 is 1.35 bits per heavy atom. The first-order valence-electron chi connectivity index (χ1n) is 5.51. The average molecular weight is 374 g/mol. The Hall–Kier alpha value is -1.37. The van der Waals surface area contributed by atoms with E-state index in [0.29, 0.717) is 16.8 Å². The number of thiophene rings is 1. The van der Waals surface area contributed by atoms with Gasteiger partial charge >= 0.3 is 0 Å². The lowest BCUT2D eigenvalue weighted by molar-refractivity contribution is 0.439. The summed E-state index contributed by atoms with van der Waals surface area (Å²) in [6.45, 7) is 0. The number of benzene rings is 1. The maximum atomic E-state index is 13.2. The first kappa shape index (κ1) is 13.6. The van der Waals surface area contributed by atoms with Crippen molar-refractivity contribution in [3.05, 3.63) is 44.3 Å². The van der Waals surface area contributed by atoms with E-state index >= 15 is 0 Å². The highest BCUT2D eigenvalue weighted by molar-refractivity contribution is 9.11. The van der Waals surface area contributed by atoms with Crippen molar-refractivity contribution in [3.63, 3.8) is 0 Å². The summed E-state index contributed by atoms with van der Waals surface area (Å²) >= 11 is 11.0. The molecule has 2 N–H and O–H groups in total. The zero-order valence-corrected chi connectivity index (χ0v) is 13.0. The molecule has 2 aromatic heterocycles. The number of aromatic nitrogens is 1. The molecule has 0 radical (unpaired) electrons. The second-order valence-corrected chi connectivity index (χ2v) is 6.73. The number of rotatable bonds is 2. The van der Waals surface area contributed by atoms with Gasteiger partial charge < -0.3 is 10.3 Å². The molecule has 0 spiro atoms. The third kappa shape index (κ3) is 2.34. The summed E-state index contributed by atoms with van der Waals surface area (Å²) in [7, 11) is 0. The molecule has 3 aromatic rings. The second kappa shape index (κ2) is 5.20.